The maximum Gasteiger partial charge on any atom is 0.256 e. The molecule has 0 N–H and O–H groups in total. The van der Waals surface area contributed by atoms with Crippen LogP contribution in [-0.4, -0.2) is 43.0 Å². The summed E-state index contributed by atoms with van der Waals surface area (Å²) in [7, 11) is 3.75. The van der Waals surface area contributed by atoms with Crippen molar-refractivity contribution in [3.63, 3.8) is 0 Å². The molecule has 1 atom stereocenters. The summed E-state index contributed by atoms with van der Waals surface area (Å²) in [6, 6.07) is 16.0. The molecule has 112 valence electrons. The van der Waals surface area contributed by atoms with Crippen LogP contribution < -0.4 is 4.74 Å². The first-order chi connectivity index (χ1) is 10.7. The number of ether oxygens (including phenoxy) is 1. The van der Waals surface area contributed by atoms with Crippen molar-refractivity contribution in [1.82, 2.24) is 9.80 Å². The van der Waals surface area contributed by atoms with Crippen LogP contribution >= 0.6 is 0 Å². The normalized spacial score (nSPS) is 23.5. The number of benzene rings is 2. The van der Waals surface area contributed by atoms with E-state index in [2.05, 4.69) is 30.1 Å². The molecule has 22 heavy (non-hydrogen) atoms. The van der Waals surface area contributed by atoms with Gasteiger partial charge in [-0.1, -0.05) is 30.3 Å². The number of hydrogen-bond acceptors (Lipinski definition) is 3. The van der Waals surface area contributed by atoms with Crippen LogP contribution in [0.15, 0.2) is 48.5 Å². The number of nitrogens with zero attached hydrogens (tertiary/aromatic N) is 2. The molecule has 4 heteroatoms. The third-order valence-electron chi connectivity index (χ3n) is 4.87. The number of amides is 1. The Balaban J connectivity index is 1.97. The minimum atomic E-state index is -0.486. The van der Waals surface area contributed by atoms with Crippen LogP contribution in [0, 0.1) is 0 Å². The Kier molecular flexibility index (Phi) is 2.78. The fourth-order valence-corrected chi connectivity index (χ4v) is 3.85. The number of carbonyl (C=O) groups is 1. The van der Waals surface area contributed by atoms with Crippen molar-refractivity contribution in [3.05, 3.63) is 65.2 Å². The average molecular weight is 294 g/mol. The highest BCUT2D eigenvalue weighted by Gasteiger charge is 2.56. The third kappa shape index (κ3) is 1.48. The second-order valence-corrected chi connectivity index (χ2v) is 5.82. The van der Waals surface area contributed by atoms with Gasteiger partial charge in [-0.25, -0.2) is 0 Å². The van der Waals surface area contributed by atoms with Crippen molar-refractivity contribution < 1.29 is 9.53 Å². The Bertz CT molecular complexity index is 741. The Labute approximate surface area is 129 Å². The van der Waals surface area contributed by atoms with E-state index in [1.165, 1.54) is 0 Å². The van der Waals surface area contributed by atoms with E-state index in [-0.39, 0.29) is 5.91 Å². The summed E-state index contributed by atoms with van der Waals surface area (Å²) in [6.45, 7) is 1.61. The van der Waals surface area contributed by atoms with Gasteiger partial charge in [-0.05, 0) is 30.8 Å². The maximum absolute atomic E-state index is 12.8. The lowest BCUT2D eigenvalue weighted by Crippen LogP contribution is -2.47. The van der Waals surface area contributed by atoms with E-state index in [9.17, 15) is 4.79 Å². The molecule has 0 bridgehead atoms. The van der Waals surface area contributed by atoms with E-state index in [1.54, 1.807) is 7.11 Å². The predicted octanol–water partition coefficient (Wildman–Crippen LogP) is 2.30. The molecular formula is C18H18N2O2. The van der Waals surface area contributed by atoms with Crippen molar-refractivity contribution in [3.8, 4) is 5.75 Å². The zero-order valence-corrected chi connectivity index (χ0v) is 12.7. The SMILES string of the molecule is COc1ccc(C23c4ccccc4C(=O)N2CCN3C)cc1. The highest BCUT2D eigenvalue weighted by atomic mass is 16.5. The van der Waals surface area contributed by atoms with Gasteiger partial charge in [0.1, 0.15) is 11.4 Å². The molecule has 0 saturated carbocycles. The van der Waals surface area contributed by atoms with Crippen molar-refractivity contribution in [2.45, 2.75) is 5.66 Å². The van der Waals surface area contributed by atoms with Gasteiger partial charge in [0.2, 0.25) is 0 Å². The number of hydrogen-bond donors (Lipinski definition) is 0. The lowest BCUT2D eigenvalue weighted by Gasteiger charge is -2.38. The molecule has 0 aromatic heterocycles. The third-order valence-corrected chi connectivity index (χ3v) is 4.87. The summed E-state index contributed by atoms with van der Waals surface area (Å²) in [5.41, 5.74) is 2.50. The maximum atomic E-state index is 12.8. The molecule has 4 rings (SSSR count). The molecule has 2 aromatic rings. The molecule has 2 aliphatic heterocycles. The Morgan fingerprint density at radius 1 is 1.05 bits per heavy atom. The summed E-state index contributed by atoms with van der Waals surface area (Å²) < 4.78 is 5.26. The first kappa shape index (κ1) is 13.3. The predicted molar refractivity (Wildman–Crippen MR) is 83.9 cm³/mol. The Morgan fingerprint density at radius 3 is 2.50 bits per heavy atom. The minimum absolute atomic E-state index is 0.121. The van der Waals surface area contributed by atoms with Crippen molar-refractivity contribution in [1.29, 1.82) is 0 Å². The summed E-state index contributed by atoms with van der Waals surface area (Å²) in [6.07, 6.45) is 0. The number of carbonyl (C=O) groups excluding carboxylic acids is 1. The lowest BCUT2D eigenvalue weighted by molar-refractivity contribution is 0.0527. The first-order valence-corrected chi connectivity index (χ1v) is 7.47. The zero-order valence-electron chi connectivity index (χ0n) is 12.7. The number of rotatable bonds is 2. The van der Waals surface area contributed by atoms with Crippen LogP contribution in [0.2, 0.25) is 0 Å². The van der Waals surface area contributed by atoms with Crippen LogP contribution in [0.4, 0.5) is 0 Å². The molecule has 1 unspecified atom stereocenters. The molecule has 1 fully saturated rings. The van der Waals surface area contributed by atoms with Crippen LogP contribution in [-0.2, 0) is 5.66 Å². The van der Waals surface area contributed by atoms with Gasteiger partial charge in [0, 0.05) is 24.2 Å². The quantitative estimate of drug-likeness (QED) is 0.852. The van der Waals surface area contributed by atoms with Gasteiger partial charge in [-0.3, -0.25) is 9.69 Å². The second-order valence-electron chi connectivity index (χ2n) is 5.82. The molecule has 1 saturated heterocycles. The second kappa shape index (κ2) is 4.58. The van der Waals surface area contributed by atoms with E-state index < -0.39 is 5.66 Å². The zero-order chi connectivity index (χ0) is 15.3. The minimum Gasteiger partial charge on any atom is -0.497 e. The summed E-state index contributed by atoms with van der Waals surface area (Å²) in [4.78, 5) is 17.0. The number of likely N-dealkylation sites (N-methyl/N-ethyl adjacent to an activating group) is 1. The molecule has 2 aliphatic rings. The summed E-state index contributed by atoms with van der Waals surface area (Å²) in [5.74, 6) is 0.945. The van der Waals surface area contributed by atoms with E-state index in [4.69, 9.17) is 4.74 Å². The van der Waals surface area contributed by atoms with Gasteiger partial charge < -0.3 is 9.64 Å². The number of methoxy groups -OCH3 is 1. The first-order valence-electron chi connectivity index (χ1n) is 7.47. The fourth-order valence-electron chi connectivity index (χ4n) is 3.85. The highest BCUT2D eigenvalue weighted by Crippen LogP contribution is 2.48. The molecule has 1 amide bonds. The lowest BCUT2D eigenvalue weighted by atomic mass is 9.90. The van der Waals surface area contributed by atoms with E-state index in [0.29, 0.717) is 0 Å². The summed E-state index contributed by atoms with van der Waals surface area (Å²) in [5, 5.41) is 0. The van der Waals surface area contributed by atoms with E-state index in [0.717, 1.165) is 35.5 Å². The van der Waals surface area contributed by atoms with E-state index >= 15 is 0 Å². The van der Waals surface area contributed by atoms with Gasteiger partial charge in [-0.15, -0.1) is 0 Å². The van der Waals surface area contributed by atoms with Gasteiger partial charge in [-0.2, -0.15) is 0 Å². The molecule has 4 nitrogen and oxygen atoms in total. The molecule has 0 radical (unpaired) electrons. The summed E-state index contributed by atoms with van der Waals surface area (Å²) >= 11 is 0. The van der Waals surface area contributed by atoms with E-state index in [1.807, 2.05) is 35.2 Å². The van der Waals surface area contributed by atoms with Crippen molar-refractivity contribution in [2.24, 2.45) is 0 Å². The molecule has 0 spiro atoms. The Morgan fingerprint density at radius 2 is 1.77 bits per heavy atom. The fraction of sp³-hybridized carbons (Fsp3) is 0.278. The Hall–Kier alpha value is -2.33. The van der Waals surface area contributed by atoms with Crippen molar-refractivity contribution >= 4 is 5.91 Å². The van der Waals surface area contributed by atoms with Crippen LogP contribution in [0.5, 0.6) is 5.75 Å². The van der Waals surface area contributed by atoms with Crippen LogP contribution in [0.3, 0.4) is 0 Å². The van der Waals surface area contributed by atoms with Crippen LogP contribution in [0.25, 0.3) is 0 Å². The monoisotopic (exact) mass is 294 g/mol. The molecule has 2 heterocycles. The largest absolute Gasteiger partial charge is 0.497 e. The molecule has 2 aromatic carbocycles. The topological polar surface area (TPSA) is 32.8 Å². The van der Waals surface area contributed by atoms with Gasteiger partial charge in [0.05, 0.1) is 7.11 Å². The highest BCUT2D eigenvalue weighted by molar-refractivity contribution is 6.01. The van der Waals surface area contributed by atoms with Gasteiger partial charge >= 0.3 is 0 Å². The molecule has 0 aliphatic carbocycles. The molecular weight excluding hydrogens is 276 g/mol. The standard InChI is InChI=1S/C18H18N2O2/c1-19-11-12-20-17(21)15-5-3-4-6-16(15)18(19,20)13-7-9-14(22-2)10-8-13/h3-10H,11-12H2,1-2H3. The smallest absolute Gasteiger partial charge is 0.256 e. The van der Waals surface area contributed by atoms with Gasteiger partial charge in [0.15, 0.2) is 0 Å². The average Bonchev–Trinajstić information content (AvgIpc) is 3.04. The van der Waals surface area contributed by atoms with Crippen LogP contribution in [0.1, 0.15) is 21.5 Å². The van der Waals surface area contributed by atoms with Crippen molar-refractivity contribution in [2.75, 3.05) is 27.2 Å². The number of fused-ring (bicyclic) bond motifs is 3. The van der Waals surface area contributed by atoms with Gasteiger partial charge in [0.25, 0.3) is 5.91 Å².